The van der Waals surface area contributed by atoms with Crippen LogP contribution in [-0.4, -0.2) is 48.7 Å². The normalized spacial score (nSPS) is 20.2. The molecule has 2 heterocycles. The van der Waals surface area contributed by atoms with Gasteiger partial charge in [0.05, 0.1) is 26.4 Å². The first-order valence-electron chi connectivity index (χ1n) is 10.5. The zero-order valence-electron chi connectivity index (χ0n) is 18.8. The van der Waals surface area contributed by atoms with Crippen molar-refractivity contribution in [2.75, 3.05) is 20.3 Å². The fraction of sp³-hybridized carbons (Fsp3) is 0.500. The Hall–Kier alpha value is -2.64. The number of amides is 1. The predicted molar refractivity (Wildman–Crippen MR) is 117 cm³/mol. The molecule has 0 aliphatic carbocycles. The number of hydrogen-bond acceptors (Lipinski definition) is 6. The van der Waals surface area contributed by atoms with Gasteiger partial charge < -0.3 is 24.6 Å². The zero-order valence-corrected chi connectivity index (χ0v) is 18.8. The number of rotatable bonds is 6. The molecule has 0 saturated carbocycles. The summed E-state index contributed by atoms with van der Waals surface area (Å²) in [6.07, 6.45) is 1.92. The summed E-state index contributed by atoms with van der Waals surface area (Å²) in [4.78, 5) is 16.4. The molecule has 31 heavy (non-hydrogen) atoms. The second-order valence-corrected chi connectivity index (χ2v) is 9.04. The Morgan fingerprint density at radius 2 is 1.87 bits per heavy atom. The van der Waals surface area contributed by atoms with E-state index < -0.39 is 5.91 Å². The second kappa shape index (κ2) is 9.66. The lowest BCUT2D eigenvalue weighted by molar-refractivity contribution is -0.210. The SMILES string of the molecule is COc1ccnc(C(=O)NC2COC(C(C)Cc3ccc(C(C)(C)C)cc3)OC2)c1O. The number of methoxy groups -OCH3 is 1. The summed E-state index contributed by atoms with van der Waals surface area (Å²) >= 11 is 0. The van der Waals surface area contributed by atoms with Crippen LogP contribution in [0.5, 0.6) is 11.5 Å². The van der Waals surface area contributed by atoms with Crippen molar-refractivity contribution in [3.8, 4) is 11.5 Å². The summed E-state index contributed by atoms with van der Waals surface area (Å²) in [5.74, 6) is -0.426. The van der Waals surface area contributed by atoms with Crippen molar-refractivity contribution in [3.63, 3.8) is 0 Å². The summed E-state index contributed by atoms with van der Waals surface area (Å²) in [5.41, 5.74) is 2.59. The molecule has 2 N–H and O–H groups in total. The van der Waals surface area contributed by atoms with Crippen LogP contribution in [-0.2, 0) is 21.3 Å². The average molecular weight is 429 g/mol. The number of aromatic hydroxyl groups is 1. The standard InChI is InChI=1S/C24H32N2O5/c1-15(12-16-6-8-17(9-7-16)24(2,3)4)23-30-13-18(14-31-23)26-22(28)20-21(27)19(29-5)10-11-25-20/h6-11,15,18,23,27H,12-14H2,1-5H3,(H,26,28). The third-order valence-corrected chi connectivity index (χ3v) is 5.42. The Kier molecular flexibility index (Phi) is 7.18. The Morgan fingerprint density at radius 1 is 1.23 bits per heavy atom. The first kappa shape index (κ1) is 23.0. The molecule has 1 unspecified atom stereocenters. The monoisotopic (exact) mass is 428 g/mol. The lowest BCUT2D eigenvalue weighted by Gasteiger charge is -2.33. The van der Waals surface area contributed by atoms with Gasteiger partial charge >= 0.3 is 0 Å². The Labute approximate surface area is 183 Å². The molecule has 1 aromatic carbocycles. The first-order valence-corrected chi connectivity index (χ1v) is 10.5. The number of aromatic nitrogens is 1. The molecule has 1 atom stereocenters. The van der Waals surface area contributed by atoms with E-state index in [2.05, 4.69) is 62.3 Å². The van der Waals surface area contributed by atoms with Gasteiger partial charge in [-0.15, -0.1) is 0 Å². The van der Waals surface area contributed by atoms with E-state index in [1.807, 2.05) is 0 Å². The Balaban J connectivity index is 1.50. The van der Waals surface area contributed by atoms with Gasteiger partial charge in [0.15, 0.2) is 23.5 Å². The van der Waals surface area contributed by atoms with Gasteiger partial charge in [-0.25, -0.2) is 4.98 Å². The molecule has 1 saturated heterocycles. The quantitative estimate of drug-likeness (QED) is 0.733. The van der Waals surface area contributed by atoms with Crippen LogP contribution < -0.4 is 10.1 Å². The molecular weight excluding hydrogens is 396 g/mol. The van der Waals surface area contributed by atoms with E-state index >= 15 is 0 Å². The van der Waals surface area contributed by atoms with E-state index in [9.17, 15) is 9.90 Å². The number of benzene rings is 1. The molecular formula is C24H32N2O5. The van der Waals surface area contributed by atoms with Crippen molar-refractivity contribution in [1.29, 1.82) is 0 Å². The van der Waals surface area contributed by atoms with Crippen LogP contribution in [0.15, 0.2) is 36.5 Å². The molecule has 0 radical (unpaired) electrons. The van der Waals surface area contributed by atoms with Crippen molar-refractivity contribution in [3.05, 3.63) is 53.3 Å². The minimum Gasteiger partial charge on any atom is -0.503 e. The molecule has 0 bridgehead atoms. The highest BCUT2D eigenvalue weighted by Gasteiger charge is 2.29. The number of ether oxygens (including phenoxy) is 3. The van der Waals surface area contributed by atoms with Crippen LogP contribution in [0.25, 0.3) is 0 Å². The van der Waals surface area contributed by atoms with Crippen LogP contribution >= 0.6 is 0 Å². The van der Waals surface area contributed by atoms with Crippen LogP contribution in [0.1, 0.15) is 49.3 Å². The van der Waals surface area contributed by atoms with Gasteiger partial charge in [0, 0.05) is 18.2 Å². The van der Waals surface area contributed by atoms with Gasteiger partial charge in [0.25, 0.3) is 5.91 Å². The zero-order chi connectivity index (χ0) is 22.6. The highest BCUT2D eigenvalue weighted by Crippen LogP contribution is 2.28. The number of nitrogens with zero attached hydrogens (tertiary/aromatic N) is 1. The summed E-state index contributed by atoms with van der Waals surface area (Å²) in [5, 5.41) is 12.9. The summed E-state index contributed by atoms with van der Waals surface area (Å²) in [6.45, 7) is 9.36. The van der Waals surface area contributed by atoms with Crippen molar-refractivity contribution < 1.29 is 24.1 Å². The van der Waals surface area contributed by atoms with Crippen molar-refractivity contribution in [2.24, 2.45) is 5.92 Å². The Morgan fingerprint density at radius 3 is 2.45 bits per heavy atom. The molecule has 1 aliphatic heterocycles. The minimum absolute atomic E-state index is 0.0893. The number of carbonyl (C=O) groups excluding carboxylic acids is 1. The van der Waals surface area contributed by atoms with Crippen molar-refractivity contribution >= 4 is 5.91 Å². The highest BCUT2D eigenvalue weighted by molar-refractivity contribution is 5.95. The minimum atomic E-state index is -0.501. The number of hydrogen-bond donors (Lipinski definition) is 2. The maximum atomic E-state index is 12.5. The van der Waals surface area contributed by atoms with Crippen LogP contribution in [0, 0.1) is 5.92 Å². The van der Waals surface area contributed by atoms with Crippen LogP contribution in [0.4, 0.5) is 0 Å². The first-order chi connectivity index (χ1) is 14.7. The molecule has 7 nitrogen and oxygen atoms in total. The lowest BCUT2D eigenvalue weighted by Crippen LogP contribution is -2.48. The molecule has 7 heteroatoms. The fourth-order valence-electron chi connectivity index (χ4n) is 3.56. The maximum absolute atomic E-state index is 12.5. The topological polar surface area (TPSA) is 89.9 Å². The molecule has 1 aliphatic rings. The summed E-state index contributed by atoms with van der Waals surface area (Å²) < 4.78 is 16.8. The molecule has 1 aromatic heterocycles. The maximum Gasteiger partial charge on any atom is 0.274 e. The molecule has 2 aromatic rings. The molecule has 1 fully saturated rings. The third kappa shape index (κ3) is 5.74. The number of pyridine rings is 1. The van der Waals surface area contributed by atoms with Crippen LogP contribution in [0.3, 0.4) is 0 Å². The Bertz CT molecular complexity index is 884. The van der Waals surface area contributed by atoms with E-state index in [-0.39, 0.29) is 40.9 Å². The van der Waals surface area contributed by atoms with Gasteiger partial charge in [-0.3, -0.25) is 4.79 Å². The molecule has 168 valence electrons. The van der Waals surface area contributed by atoms with E-state index in [1.165, 1.54) is 30.5 Å². The number of carbonyl (C=O) groups is 1. The number of nitrogens with one attached hydrogen (secondary N) is 1. The van der Waals surface area contributed by atoms with Gasteiger partial charge in [-0.2, -0.15) is 0 Å². The molecule has 1 amide bonds. The van der Waals surface area contributed by atoms with E-state index in [4.69, 9.17) is 14.2 Å². The van der Waals surface area contributed by atoms with E-state index in [1.54, 1.807) is 0 Å². The summed E-state index contributed by atoms with van der Waals surface area (Å²) in [6, 6.07) is 9.85. The largest absolute Gasteiger partial charge is 0.503 e. The molecule has 3 rings (SSSR count). The van der Waals surface area contributed by atoms with E-state index in [0.29, 0.717) is 13.2 Å². The summed E-state index contributed by atoms with van der Waals surface area (Å²) in [7, 11) is 1.42. The predicted octanol–water partition coefficient (Wildman–Crippen LogP) is 3.44. The fourth-order valence-corrected chi connectivity index (χ4v) is 3.56. The molecule has 0 spiro atoms. The van der Waals surface area contributed by atoms with Crippen molar-refractivity contribution in [2.45, 2.75) is 51.9 Å². The average Bonchev–Trinajstić information content (AvgIpc) is 2.74. The van der Waals surface area contributed by atoms with Crippen LogP contribution in [0.2, 0.25) is 0 Å². The van der Waals surface area contributed by atoms with E-state index in [0.717, 1.165) is 6.42 Å². The smallest absolute Gasteiger partial charge is 0.274 e. The lowest BCUT2D eigenvalue weighted by atomic mass is 9.86. The van der Waals surface area contributed by atoms with Gasteiger partial charge in [0.1, 0.15) is 0 Å². The highest BCUT2D eigenvalue weighted by atomic mass is 16.7. The van der Waals surface area contributed by atoms with Gasteiger partial charge in [-0.1, -0.05) is 52.0 Å². The third-order valence-electron chi connectivity index (χ3n) is 5.42. The van der Waals surface area contributed by atoms with Gasteiger partial charge in [-0.05, 0) is 23.0 Å². The van der Waals surface area contributed by atoms with Gasteiger partial charge in [0.2, 0.25) is 0 Å². The second-order valence-electron chi connectivity index (χ2n) is 9.04. The van der Waals surface area contributed by atoms with Crippen molar-refractivity contribution in [1.82, 2.24) is 10.3 Å².